The molecule has 0 radical (unpaired) electrons. The highest BCUT2D eigenvalue weighted by Gasteiger charge is 1.91. The zero-order chi connectivity index (χ0) is 6.41. The number of hydrogen-bond acceptors (Lipinski definition) is 3. The largest absolute Gasteiger partial charge is 0.344 e. The summed E-state index contributed by atoms with van der Waals surface area (Å²) < 4.78 is 0. The van der Waals surface area contributed by atoms with Crippen molar-refractivity contribution in [1.29, 1.82) is 0 Å². The molecule has 0 fully saturated rings. The molecular formula is C6H19N3. The van der Waals surface area contributed by atoms with Gasteiger partial charge in [-0.15, -0.1) is 0 Å². The van der Waals surface area contributed by atoms with Gasteiger partial charge in [-0.2, -0.15) is 0 Å². The van der Waals surface area contributed by atoms with Crippen LogP contribution in [0.3, 0.4) is 0 Å². The van der Waals surface area contributed by atoms with Gasteiger partial charge in [0.25, 0.3) is 0 Å². The fourth-order valence-electron chi connectivity index (χ4n) is 0.671. The Balaban J connectivity index is 0. The molecule has 0 heterocycles. The van der Waals surface area contributed by atoms with Crippen molar-refractivity contribution in [3.63, 3.8) is 0 Å². The molecule has 0 amide bonds. The summed E-state index contributed by atoms with van der Waals surface area (Å²) >= 11 is 0. The van der Waals surface area contributed by atoms with Crippen LogP contribution in [0.25, 0.3) is 0 Å². The second-order valence-electron chi connectivity index (χ2n) is 1.68. The molecule has 9 heavy (non-hydrogen) atoms. The first-order valence-corrected chi connectivity index (χ1v) is 3.33. The first-order valence-electron chi connectivity index (χ1n) is 3.33. The fraction of sp³-hybridized carbons (Fsp3) is 1.00. The molecule has 0 aromatic carbocycles. The number of rotatable bonds is 4. The lowest BCUT2D eigenvalue weighted by molar-refractivity contribution is 0.215. The zero-order valence-electron chi connectivity index (χ0n) is 6.78. The molecule has 0 bridgehead atoms. The first kappa shape index (κ1) is 11.6. The second kappa shape index (κ2) is 7.88. The van der Waals surface area contributed by atoms with E-state index < -0.39 is 0 Å². The van der Waals surface area contributed by atoms with Crippen LogP contribution in [0, 0.1) is 0 Å². The van der Waals surface area contributed by atoms with Crippen LogP contribution in [0.5, 0.6) is 0 Å². The van der Waals surface area contributed by atoms with E-state index in [4.69, 9.17) is 0 Å². The van der Waals surface area contributed by atoms with E-state index in [1.165, 1.54) is 0 Å². The Bertz CT molecular complexity index is 43.6. The van der Waals surface area contributed by atoms with Crippen LogP contribution >= 0.6 is 0 Å². The molecule has 3 heteroatoms. The molecule has 0 aromatic rings. The lowest BCUT2D eigenvalue weighted by Crippen LogP contribution is -2.37. The lowest BCUT2D eigenvalue weighted by atomic mass is 10.6. The smallest absolute Gasteiger partial charge is 0.0102 e. The van der Waals surface area contributed by atoms with Gasteiger partial charge >= 0.3 is 0 Å². The molecule has 0 aliphatic carbocycles. The highest BCUT2D eigenvalue weighted by molar-refractivity contribution is 4.40. The summed E-state index contributed by atoms with van der Waals surface area (Å²) in [6, 6.07) is 0. The van der Waals surface area contributed by atoms with Gasteiger partial charge in [0.05, 0.1) is 0 Å². The van der Waals surface area contributed by atoms with Crippen LogP contribution in [0.4, 0.5) is 0 Å². The summed E-state index contributed by atoms with van der Waals surface area (Å²) in [5.41, 5.74) is 3.22. The molecule has 0 unspecified atom stereocenters. The van der Waals surface area contributed by atoms with E-state index in [2.05, 4.69) is 31.2 Å². The van der Waals surface area contributed by atoms with Gasteiger partial charge in [-0.1, -0.05) is 20.8 Å². The molecule has 0 atom stereocenters. The Hall–Kier alpha value is -0.120. The number of nitrogens with zero attached hydrogens (tertiary/aromatic N) is 1. The summed E-state index contributed by atoms with van der Waals surface area (Å²) in [5, 5.41) is 2.18. The van der Waals surface area contributed by atoms with Crippen LogP contribution in [0.15, 0.2) is 0 Å². The maximum Gasteiger partial charge on any atom is 0.0102 e. The van der Waals surface area contributed by atoms with Gasteiger partial charge in [-0.3, -0.25) is 5.43 Å². The van der Waals surface area contributed by atoms with Crippen LogP contribution in [0.2, 0.25) is 0 Å². The number of nitrogens with one attached hydrogen (secondary N) is 1. The predicted molar refractivity (Wildman–Crippen MR) is 41.6 cm³/mol. The minimum atomic E-state index is 0. The van der Waals surface area contributed by atoms with Crippen molar-refractivity contribution in [3.05, 3.63) is 0 Å². The average molecular weight is 133 g/mol. The molecule has 0 saturated carbocycles. The summed E-state index contributed by atoms with van der Waals surface area (Å²) in [5.74, 6) is 0. The summed E-state index contributed by atoms with van der Waals surface area (Å²) in [6.45, 7) is 9.60. The van der Waals surface area contributed by atoms with Crippen LogP contribution in [-0.2, 0) is 0 Å². The maximum atomic E-state index is 3.22. The standard InChI is InChI=1S/C6H16N2.H3N/c1-4-7-8(5-2)6-3;/h7H,4-6H2,1-3H3;1H3. The molecule has 58 valence electrons. The third kappa shape index (κ3) is 5.76. The second-order valence-corrected chi connectivity index (χ2v) is 1.68. The Morgan fingerprint density at radius 1 is 1.11 bits per heavy atom. The topological polar surface area (TPSA) is 50.3 Å². The van der Waals surface area contributed by atoms with E-state index in [1.54, 1.807) is 0 Å². The monoisotopic (exact) mass is 133 g/mol. The minimum Gasteiger partial charge on any atom is -0.344 e. The molecule has 0 aliphatic heterocycles. The van der Waals surface area contributed by atoms with Crippen LogP contribution in [0.1, 0.15) is 20.8 Å². The molecule has 0 saturated heterocycles. The van der Waals surface area contributed by atoms with Crippen LogP contribution < -0.4 is 11.6 Å². The Morgan fingerprint density at radius 3 is 1.67 bits per heavy atom. The zero-order valence-corrected chi connectivity index (χ0v) is 6.78. The van der Waals surface area contributed by atoms with Gasteiger partial charge in [-0.25, -0.2) is 5.01 Å². The van der Waals surface area contributed by atoms with Crippen molar-refractivity contribution in [3.8, 4) is 0 Å². The average Bonchev–Trinajstić information content (AvgIpc) is 1.83. The molecular weight excluding hydrogens is 114 g/mol. The van der Waals surface area contributed by atoms with Gasteiger partial charge in [0.2, 0.25) is 0 Å². The molecule has 0 spiro atoms. The van der Waals surface area contributed by atoms with E-state index in [9.17, 15) is 0 Å². The van der Waals surface area contributed by atoms with E-state index in [0.29, 0.717) is 0 Å². The van der Waals surface area contributed by atoms with Gasteiger partial charge in [-0.05, 0) is 0 Å². The molecule has 0 aromatic heterocycles. The quantitative estimate of drug-likeness (QED) is 0.563. The Labute approximate surface area is 58.0 Å². The summed E-state index contributed by atoms with van der Waals surface area (Å²) in [4.78, 5) is 0. The third-order valence-corrected chi connectivity index (χ3v) is 1.15. The SMILES string of the molecule is CCNN(CC)CC.N. The van der Waals surface area contributed by atoms with Gasteiger partial charge < -0.3 is 6.15 Å². The van der Waals surface area contributed by atoms with Gasteiger partial charge in [0.1, 0.15) is 0 Å². The van der Waals surface area contributed by atoms with Crippen molar-refractivity contribution in [2.45, 2.75) is 20.8 Å². The maximum absolute atomic E-state index is 3.22. The fourth-order valence-corrected chi connectivity index (χ4v) is 0.671. The predicted octanol–water partition coefficient (Wildman–Crippen LogP) is 1.01. The molecule has 4 N–H and O–H groups in total. The molecule has 0 aliphatic rings. The van der Waals surface area contributed by atoms with Crippen molar-refractivity contribution in [2.24, 2.45) is 0 Å². The number of hydrogen-bond donors (Lipinski definition) is 2. The van der Waals surface area contributed by atoms with Gasteiger partial charge in [0.15, 0.2) is 0 Å². The lowest BCUT2D eigenvalue weighted by Gasteiger charge is -2.17. The van der Waals surface area contributed by atoms with E-state index >= 15 is 0 Å². The highest BCUT2D eigenvalue weighted by Crippen LogP contribution is 1.76. The normalized spacial score (nSPS) is 9.33. The van der Waals surface area contributed by atoms with Crippen molar-refractivity contribution < 1.29 is 0 Å². The Kier molecular flexibility index (Phi) is 10.2. The highest BCUT2D eigenvalue weighted by atomic mass is 15.5. The van der Waals surface area contributed by atoms with E-state index in [-0.39, 0.29) is 6.15 Å². The van der Waals surface area contributed by atoms with Crippen LogP contribution in [-0.4, -0.2) is 24.6 Å². The van der Waals surface area contributed by atoms with Gasteiger partial charge in [0, 0.05) is 19.6 Å². The van der Waals surface area contributed by atoms with E-state index in [0.717, 1.165) is 19.6 Å². The van der Waals surface area contributed by atoms with Crippen molar-refractivity contribution in [2.75, 3.05) is 19.6 Å². The van der Waals surface area contributed by atoms with E-state index in [1.807, 2.05) is 0 Å². The summed E-state index contributed by atoms with van der Waals surface area (Å²) in [7, 11) is 0. The van der Waals surface area contributed by atoms with Crippen molar-refractivity contribution in [1.82, 2.24) is 16.6 Å². The molecule has 3 nitrogen and oxygen atoms in total. The Morgan fingerprint density at radius 2 is 1.56 bits per heavy atom. The summed E-state index contributed by atoms with van der Waals surface area (Å²) in [6.07, 6.45) is 0. The van der Waals surface area contributed by atoms with Crippen molar-refractivity contribution >= 4 is 0 Å². The first-order chi connectivity index (χ1) is 3.85. The minimum absolute atomic E-state index is 0. The molecule has 0 rings (SSSR count). The number of hydrazine groups is 1. The third-order valence-electron chi connectivity index (χ3n) is 1.15.